The molecule has 1 aliphatic rings. The minimum absolute atomic E-state index is 0.141. The highest BCUT2D eigenvalue weighted by Gasteiger charge is 2.34. The topological polar surface area (TPSA) is 94.0 Å². The summed E-state index contributed by atoms with van der Waals surface area (Å²) in [6.45, 7) is 5.92. The summed E-state index contributed by atoms with van der Waals surface area (Å²) in [6.07, 6.45) is 0. The van der Waals surface area contributed by atoms with Crippen LogP contribution in [0, 0.1) is 5.92 Å². The zero-order chi connectivity index (χ0) is 17.3. The van der Waals surface area contributed by atoms with E-state index in [2.05, 4.69) is 26.2 Å². The van der Waals surface area contributed by atoms with Gasteiger partial charge in [-0.05, 0) is 35.4 Å². The fourth-order valence-corrected chi connectivity index (χ4v) is 2.90. The number of amides is 1. The maximum Gasteiger partial charge on any atom is 0.255 e. The van der Waals surface area contributed by atoms with Crippen LogP contribution in [0.4, 0.5) is 11.6 Å². The Morgan fingerprint density at radius 1 is 1.38 bits per heavy atom. The lowest BCUT2D eigenvalue weighted by molar-refractivity contribution is -0.113. The second kappa shape index (κ2) is 6.31. The zero-order valence-electron chi connectivity index (χ0n) is 14.1. The Morgan fingerprint density at radius 2 is 2.12 bits per heavy atom. The lowest BCUT2D eigenvalue weighted by Gasteiger charge is -2.30. The van der Waals surface area contributed by atoms with Gasteiger partial charge >= 0.3 is 0 Å². The molecule has 2 aromatic rings. The van der Waals surface area contributed by atoms with Crippen LogP contribution in [0.15, 0.2) is 35.5 Å². The molecule has 0 spiro atoms. The van der Waals surface area contributed by atoms with Crippen molar-refractivity contribution in [3.63, 3.8) is 0 Å². The highest BCUT2D eigenvalue weighted by atomic mass is 16.5. The number of rotatable bonds is 4. The molecule has 1 aliphatic heterocycles. The Balaban J connectivity index is 1.95. The van der Waals surface area contributed by atoms with E-state index in [9.17, 15) is 4.79 Å². The molecule has 126 valence electrons. The molecule has 0 bridgehead atoms. The van der Waals surface area contributed by atoms with Gasteiger partial charge in [-0.3, -0.25) is 4.79 Å². The number of anilines is 2. The summed E-state index contributed by atoms with van der Waals surface area (Å²) in [5.74, 6) is 1.09. The number of para-hydroxylation sites is 2. The number of hydrogen-bond donors (Lipinski definition) is 2. The van der Waals surface area contributed by atoms with E-state index in [4.69, 9.17) is 4.74 Å². The molecule has 2 heterocycles. The minimum Gasteiger partial charge on any atom is -0.495 e. The Bertz CT molecular complexity index is 795. The lowest BCUT2D eigenvalue weighted by Crippen LogP contribution is -2.33. The summed E-state index contributed by atoms with van der Waals surface area (Å²) >= 11 is 0. The SMILES string of the molecule is COc1ccccc1NC(=O)C1=C(C)Nc2nnnn2C1C(C)C. The number of carbonyl (C=O) groups is 1. The lowest BCUT2D eigenvalue weighted by atomic mass is 9.92. The number of ether oxygens (including phenoxy) is 1. The van der Waals surface area contributed by atoms with Crippen molar-refractivity contribution in [2.45, 2.75) is 26.8 Å². The number of methoxy groups -OCH3 is 1. The van der Waals surface area contributed by atoms with E-state index >= 15 is 0 Å². The van der Waals surface area contributed by atoms with Gasteiger partial charge in [-0.2, -0.15) is 0 Å². The summed E-state index contributed by atoms with van der Waals surface area (Å²) in [5, 5.41) is 17.7. The fraction of sp³-hybridized carbons (Fsp3) is 0.375. The van der Waals surface area contributed by atoms with Crippen LogP contribution in [0.1, 0.15) is 26.8 Å². The summed E-state index contributed by atoms with van der Waals surface area (Å²) in [4.78, 5) is 12.9. The molecule has 0 saturated heterocycles. The van der Waals surface area contributed by atoms with Crippen molar-refractivity contribution in [1.29, 1.82) is 0 Å². The van der Waals surface area contributed by atoms with Crippen LogP contribution in [-0.2, 0) is 4.79 Å². The van der Waals surface area contributed by atoms with E-state index < -0.39 is 0 Å². The largest absolute Gasteiger partial charge is 0.495 e. The standard InChI is InChI=1S/C16H20N6O2/c1-9(2)14-13(10(3)17-16-19-20-21-22(14)16)15(23)18-11-7-5-6-8-12(11)24-4/h5-9,14H,1-4H3,(H,18,23)(H,17,19,21). The summed E-state index contributed by atoms with van der Waals surface area (Å²) < 4.78 is 6.94. The third-order valence-corrected chi connectivity index (χ3v) is 3.99. The molecule has 0 aliphatic carbocycles. The van der Waals surface area contributed by atoms with E-state index in [1.807, 2.05) is 32.9 Å². The molecule has 0 fully saturated rings. The third-order valence-electron chi connectivity index (χ3n) is 3.99. The van der Waals surface area contributed by atoms with Crippen LogP contribution >= 0.6 is 0 Å². The van der Waals surface area contributed by atoms with Gasteiger partial charge < -0.3 is 15.4 Å². The average Bonchev–Trinajstić information content (AvgIpc) is 3.01. The zero-order valence-corrected chi connectivity index (χ0v) is 14.1. The van der Waals surface area contributed by atoms with Gasteiger partial charge in [0, 0.05) is 5.70 Å². The number of allylic oxidation sites excluding steroid dienone is 1. The number of fused-ring (bicyclic) bond motifs is 1. The first-order valence-corrected chi connectivity index (χ1v) is 7.73. The van der Waals surface area contributed by atoms with Crippen molar-refractivity contribution in [2.24, 2.45) is 5.92 Å². The number of benzene rings is 1. The predicted molar refractivity (Wildman–Crippen MR) is 89.6 cm³/mol. The Labute approximate surface area is 139 Å². The number of carbonyl (C=O) groups excluding carboxylic acids is 1. The molecule has 0 radical (unpaired) electrons. The van der Waals surface area contributed by atoms with Crippen molar-refractivity contribution in [3.05, 3.63) is 35.5 Å². The molecule has 1 aromatic carbocycles. The molecular formula is C16H20N6O2. The number of nitrogens with one attached hydrogen (secondary N) is 2. The van der Waals surface area contributed by atoms with Crippen molar-refractivity contribution < 1.29 is 9.53 Å². The van der Waals surface area contributed by atoms with Gasteiger partial charge in [0.2, 0.25) is 5.95 Å². The molecule has 24 heavy (non-hydrogen) atoms. The van der Waals surface area contributed by atoms with Crippen molar-refractivity contribution in [3.8, 4) is 5.75 Å². The highest BCUT2D eigenvalue weighted by Crippen LogP contribution is 2.35. The van der Waals surface area contributed by atoms with Gasteiger partial charge in [-0.15, -0.1) is 0 Å². The second-order valence-corrected chi connectivity index (χ2v) is 5.95. The first-order chi connectivity index (χ1) is 11.5. The van der Waals surface area contributed by atoms with Crippen LogP contribution in [0.2, 0.25) is 0 Å². The Morgan fingerprint density at radius 3 is 2.83 bits per heavy atom. The molecule has 0 saturated carbocycles. The number of hydrogen-bond acceptors (Lipinski definition) is 6. The quantitative estimate of drug-likeness (QED) is 0.894. The molecule has 2 N–H and O–H groups in total. The van der Waals surface area contributed by atoms with E-state index in [1.54, 1.807) is 23.9 Å². The molecular weight excluding hydrogens is 308 g/mol. The van der Waals surface area contributed by atoms with Gasteiger partial charge in [0.25, 0.3) is 5.91 Å². The molecule has 1 aromatic heterocycles. The van der Waals surface area contributed by atoms with Crippen LogP contribution in [0.3, 0.4) is 0 Å². The maximum absolute atomic E-state index is 12.9. The van der Waals surface area contributed by atoms with Crippen LogP contribution < -0.4 is 15.4 Å². The van der Waals surface area contributed by atoms with E-state index in [1.165, 1.54) is 0 Å². The van der Waals surface area contributed by atoms with Gasteiger partial charge in [0.1, 0.15) is 5.75 Å². The smallest absolute Gasteiger partial charge is 0.255 e. The van der Waals surface area contributed by atoms with Gasteiger partial charge in [-0.25, -0.2) is 4.68 Å². The van der Waals surface area contributed by atoms with Crippen LogP contribution in [0.5, 0.6) is 5.75 Å². The molecule has 1 atom stereocenters. The maximum atomic E-state index is 12.9. The van der Waals surface area contributed by atoms with E-state index in [0.717, 1.165) is 5.70 Å². The van der Waals surface area contributed by atoms with Gasteiger partial charge in [-0.1, -0.05) is 31.1 Å². The Hall–Kier alpha value is -2.90. The number of tetrazole rings is 1. The normalized spacial score (nSPS) is 16.6. The predicted octanol–water partition coefficient (Wildman–Crippen LogP) is 2.22. The van der Waals surface area contributed by atoms with Crippen molar-refractivity contribution in [1.82, 2.24) is 20.2 Å². The fourth-order valence-electron chi connectivity index (χ4n) is 2.90. The average molecular weight is 328 g/mol. The summed E-state index contributed by atoms with van der Waals surface area (Å²) in [6, 6.07) is 7.06. The monoisotopic (exact) mass is 328 g/mol. The molecule has 8 nitrogen and oxygen atoms in total. The van der Waals surface area contributed by atoms with Gasteiger partial charge in [0.05, 0.1) is 24.4 Å². The van der Waals surface area contributed by atoms with E-state index in [0.29, 0.717) is 23.0 Å². The van der Waals surface area contributed by atoms with Crippen LogP contribution in [0.25, 0.3) is 0 Å². The third kappa shape index (κ3) is 2.70. The Kier molecular flexibility index (Phi) is 4.20. The highest BCUT2D eigenvalue weighted by molar-refractivity contribution is 6.06. The first-order valence-electron chi connectivity index (χ1n) is 7.73. The first kappa shape index (κ1) is 16.0. The molecule has 1 amide bonds. The molecule has 3 rings (SSSR count). The van der Waals surface area contributed by atoms with Crippen molar-refractivity contribution >= 4 is 17.5 Å². The number of nitrogens with zero attached hydrogens (tertiary/aromatic N) is 4. The van der Waals surface area contributed by atoms with Crippen molar-refractivity contribution in [2.75, 3.05) is 17.7 Å². The van der Waals surface area contributed by atoms with E-state index in [-0.39, 0.29) is 17.9 Å². The van der Waals surface area contributed by atoms with Gasteiger partial charge in [0.15, 0.2) is 0 Å². The van der Waals surface area contributed by atoms with Crippen LogP contribution in [-0.4, -0.2) is 33.2 Å². The molecule has 8 heteroatoms. The summed E-state index contributed by atoms with van der Waals surface area (Å²) in [7, 11) is 1.57. The summed E-state index contributed by atoms with van der Waals surface area (Å²) in [5.41, 5.74) is 1.97. The second-order valence-electron chi connectivity index (χ2n) is 5.95. The minimum atomic E-state index is -0.244. The molecule has 1 unspecified atom stereocenters. The number of aromatic nitrogens is 4.